The van der Waals surface area contributed by atoms with E-state index in [1.807, 2.05) is 54.6 Å². The van der Waals surface area contributed by atoms with E-state index in [-0.39, 0.29) is 11.5 Å². The molecule has 0 N–H and O–H groups in total. The minimum Gasteiger partial charge on any atom is -0.475 e. The fourth-order valence-electron chi connectivity index (χ4n) is 3.08. The molecule has 0 fully saturated rings. The van der Waals surface area contributed by atoms with E-state index in [2.05, 4.69) is 18.8 Å². The molecule has 0 radical (unpaired) electrons. The Morgan fingerprint density at radius 3 is 2.18 bits per heavy atom. The molecule has 1 heterocycles. The predicted octanol–water partition coefficient (Wildman–Crippen LogP) is 5.13. The van der Waals surface area contributed by atoms with Gasteiger partial charge in [0.05, 0.1) is 11.1 Å². The highest BCUT2D eigenvalue weighted by Crippen LogP contribution is 2.29. The van der Waals surface area contributed by atoms with Gasteiger partial charge in [0.1, 0.15) is 12.4 Å². The van der Waals surface area contributed by atoms with Crippen LogP contribution in [0.5, 0.6) is 5.75 Å². The summed E-state index contributed by atoms with van der Waals surface area (Å²) in [5, 5.41) is 0. The van der Waals surface area contributed by atoms with Crippen molar-refractivity contribution < 1.29 is 14.3 Å². The maximum absolute atomic E-state index is 12.3. The lowest BCUT2D eigenvalue weighted by atomic mass is 9.98. The SMILES string of the molecule is CC1(C)COC(c2ccccc2-c2ccc(C(=O)Oc3ccccc3)cc2)=N1. The van der Waals surface area contributed by atoms with Crippen molar-refractivity contribution in [1.82, 2.24) is 0 Å². The van der Waals surface area contributed by atoms with Gasteiger partial charge in [0.25, 0.3) is 0 Å². The number of carbonyl (C=O) groups is 1. The van der Waals surface area contributed by atoms with Crippen LogP contribution >= 0.6 is 0 Å². The van der Waals surface area contributed by atoms with Crippen molar-refractivity contribution >= 4 is 11.9 Å². The summed E-state index contributed by atoms with van der Waals surface area (Å²) in [7, 11) is 0. The van der Waals surface area contributed by atoms with Gasteiger partial charge in [-0.3, -0.25) is 0 Å². The monoisotopic (exact) mass is 371 g/mol. The minimum atomic E-state index is -0.378. The number of carbonyl (C=O) groups excluding carboxylic acids is 1. The van der Waals surface area contributed by atoms with Crippen LogP contribution in [0.25, 0.3) is 11.1 Å². The first-order valence-corrected chi connectivity index (χ1v) is 9.22. The molecule has 4 rings (SSSR count). The zero-order valence-corrected chi connectivity index (χ0v) is 15.9. The zero-order valence-electron chi connectivity index (χ0n) is 15.9. The molecule has 0 saturated heterocycles. The molecule has 0 aromatic heterocycles. The van der Waals surface area contributed by atoms with E-state index in [1.165, 1.54) is 0 Å². The van der Waals surface area contributed by atoms with Crippen molar-refractivity contribution in [2.45, 2.75) is 19.4 Å². The summed E-state index contributed by atoms with van der Waals surface area (Å²) in [6.07, 6.45) is 0. The maximum Gasteiger partial charge on any atom is 0.343 e. The Hall–Kier alpha value is -3.40. The quantitative estimate of drug-likeness (QED) is 0.472. The van der Waals surface area contributed by atoms with E-state index in [0.29, 0.717) is 23.8 Å². The number of esters is 1. The molecule has 3 aromatic carbocycles. The van der Waals surface area contributed by atoms with Crippen molar-refractivity contribution in [2.75, 3.05) is 6.61 Å². The number of nitrogens with zero attached hydrogens (tertiary/aromatic N) is 1. The van der Waals surface area contributed by atoms with Crippen molar-refractivity contribution in [2.24, 2.45) is 4.99 Å². The second-order valence-electron chi connectivity index (χ2n) is 7.34. The van der Waals surface area contributed by atoms with Crippen LogP contribution in [0.2, 0.25) is 0 Å². The van der Waals surface area contributed by atoms with Gasteiger partial charge in [-0.25, -0.2) is 9.79 Å². The van der Waals surface area contributed by atoms with Crippen molar-refractivity contribution in [1.29, 1.82) is 0 Å². The average molecular weight is 371 g/mol. The first-order chi connectivity index (χ1) is 13.5. The molecule has 1 aliphatic rings. The van der Waals surface area contributed by atoms with Gasteiger partial charge in [0, 0.05) is 5.56 Å². The summed E-state index contributed by atoms with van der Waals surface area (Å²) in [4.78, 5) is 17.0. The van der Waals surface area contributed by atoms with E-state index in [1.54, 1.807) is 24.3 Å². The third-order valence-corrected chi connectivity index (χ3v) is 4.51. The molecular weight excluding hydrogens is 350 g/mol. The normalized spacial score (nSPS) is 14.9. The van der Waals surface area contributed by atoms with Crippen LogP contribution < -0.4 is 4.74 Å². The summed E-state index contributed by atoms with van der Waals surface area (Å²) in [5.41, 5.74) is 3.24. The molecule has 3 aromatic rings. The van der Waals surface area contributed by atoms with Gasteiger partial charge in [-0.1, -0.05) is 48.5 Å². The largest absolute Gasteiger partial charge is 0.475 e. The molecule has 1 aliphatic heterocycles. The van der Waals surface area contributed by atoms with Crippen LogP contribution in [0.3, 0.4) is 0 Å². The molecule has 4 heteroatoms. The van der Waals surface area contributed by atoms with Gasteiger partial charge in [0.15, 0.2) is 0 Å². The van der Waals surface area contributed by atoms with E-state index >= 15 is 0 Å². The lowest BCUT2D eigenvalue weighted by Gasteiger charge is -2.10. The summed E-state index contributed by atoms with van der Waals surface area (Å²) < 4.78 is 11.2. The number of ether oxygens (including phenoxy) is 2. The van der Waals surface area contributed by atoms with Crippen LogP contribution in [0.1, 0.15) is 29.8 Å². The molecular formula is C24H21NO3. The van der Waals surface area contributed by atoms with Crippen LogP contribution in [0, 0.1) is 0 Å². The van der Waals surface area contributed by atoms with Gasteiger partial charge in [-0.05, 0) is 55.3 Å². The Morgan fingerprint density at radius 1 is 0.893 bits per heavy atom. The van der Waals surface area contributed by atoms with E-state index in [9.17, 15) is 4.79 Å². The van der Waals surface area contributed by atoms with Crippen molar-refractivity contribution in [3.63, 3.8) is 0 Å². The number of rotatable bonds is 4. The molecule has 0 unspecified atom stereocenters. The lowest BCUT2D eigenvalue weighted by Crippen LogP contribution is -2.17. The fraction of sp³-hybridized carbons (Fsp3) is 0.167. The number of benzene rings is 3. The first-order valence-electron chi connectivity index (χ1n) is 9.22. The predicted molar refractivity (Wildman–Crippen MR) is 110 cm³/mol. The Morgan fingerprint density at radius 2 is 1.54 bits per heavy atom. The third kappa shape index (κ3) is 3.81. The van der Waals surface area contributed by atoms with E-state index in [4.69, 9.17) is 9.47 Å². The van der Waals surface area contributed by atoms with Crippen molar-refractivity contribution in [3.8, 4) is 16.9 Å². The van der Waals surface area contributed by atoms with Gasteiger partial charge < -0.3 is 9.47 Å². The average Bonchev–Trinajstić information content (AvgIpc) is 3.08. The lowest BCUT2D eigenvalue weighted by molar-refractivity contribution is 0.0735. The highest BCUT2D eigenvalue weighted by atomic mass is 16.5. The number of para-hydroxylation sites is 1. The van der Waals surface area contributed by atoms with Gasteiger partial charge in [-0.15, -0.1) is 0 Å². The number of aliphatic imine (C=N–C) groups is 1. The van der Waals surface area contributed by atoms with E-state index in [0.717, 1.165) is 16.7 Å². The highest BCUT2D eigenvalue weighted by molar-refractivity contribution is 6.02. The van der Waals surface area contributed by atoms with Crippen molar-refractivity contribution in [3.05, 3.63) is 90.0 Å². The Balaban J connectivity index is 1.59. The van der Waals surface area contributed by atoms with Crippen LogP contribution in [-0.4, -0.2) is 24.0 Å². The van der Waals surface area contributed by atoms with E-state index < -0.39 is 0 Å². The Bertz CT molecular complexity index is 1020. The minimum absolute atomic E-state index is 0.215. The molecule has 0 saturated carbocycles. The van der Waals surface area contributed by atoms with Crippen LogP contribution in [-0.2, 0) is 4.74 Å². The van der Waals surface area contributed by atoms with Gasteiger partial charge in [-0.2, -0.15) is 0 Å². The molecule has 0 amide bonds. The molecule has 4 nitrogen and oxygen atoms in total. The van der Waals surface area contributed by atoms with Gasteiger partial charge in [0.2, 0.25) is 5.90 Å². The highest BCUT2D eigenvalue weighted by Gasteiger charge is 2.28. The fourth-order valence-corrected chi connectivity index (χ4v) is 3.08. The number of hydrogen-bond acceptors (Lipinski definition) is 4. The summed E-state index contributed by atoms with van der Waals surface area (Å²) in [5.74, 6) is 0.811. The zero-order chi connectivity index (χ0) is 19.6. The molecule has 140 valence electrons. The summed E-state index contributed by atoms with van der Waals surface area (Å²) in [6, 6.07) is 24.4. The standard InChI is InChI=1S/C24H21NO3/c1-24(2)16-27-22(25-24)21-11-7-6-10-20(21)17-12-14-18(15-13-17)23(26)28-19-8-4-3-5-9-19/h3-15H,16H2,1-2H3. The van der Waals surface area contributed by atoms with Crippen LogP contribution in [0.4, 0.5) is 0 Å². The number of hydrogen-bond donors (Lipinski definition) is 0. The maximum atomic E-state index is 12.3. The Kier molecular flexibility index (Phi) is 4.70. The second kappa shape index (κ2) is 7.31. The summed E-state index contributed by atoms with van der Waals surface area (Å²) in [6.45, 7) is 4.67. The third-order valence-electron chi connectivity index (χ3n) is 4.51. The molecule has 0 bridgehead atoms. The van der Waals surface area contributed by atoms with Gasteiger partial charge >= 0.3 is 5.97 Å². The molecule has 0 aliphatic carbocycles. The van der Waals surface area contributed by atoms with Crippen LogP contribution in [0.15, 0.2) is 83.9 Å². The topological polar surface area (TPSA) is 47.9 Å². The smallest absolute Gasteiger partial charge is 0.343 e. The first kappa shape index (κ1) is 18.0. The molecule has 0 spiro atoms. The molecule has 28 heavy (non-hydrogen) atoms. The second-order valence-corrected chi connectivity index (χ2v) is 7.34. The summed E-state index contributed by atoms with van der Waals surface area (Å²) >= 11 is 0. The molecule has 0 atom stereocenters. The Labute approximate surface area is 164 Å².